The van der Waals surface area contributed by atoms with Gasteiger partial charge in [-0.15, -0.1) is 0 Å². The van der Waals surface area contributed by atoms with Gasteiger partial charge in [0.05, 0.1) is 6.07 Å². The first-order chi connectivity index (χ1) is 19.2. The lowest BCUT2D eigenvalue weighted by Gasteiger charge is -2.37. The highest BCUT2D eigenvalue weighted by Gasteiger charge is 2.39. The minimum atomic E-state index is -0.972. The van der Waals surface area contributed by atoms with E-state index in [1.165, 1.54) is 5.69 Å². The Morgan fingerprint density at radius 2 is 1.77 bits per heavy atom. The minimum Gasteiger partial charge on any atom is -0.550 e. The van der Waals surface area contributed by atoms with Gasteiger partial charge in [-0.2, -0.15) is 0 Å². The van der Waals surface area contributed by atoms with E-state index in [-0.39, 0.29) is 11.8 Å². The van der Waals surface area contributed by atoms with Crippen LogP contribution >= 0.6 is 0 Å². The maximum Gasteiger partial charge on any atom is 0.203 e. The van der Waals surface area contributed by atoms with Gasteiger partial charge < -0.3 is 24.0 Å². The summed E-state index contributed by atoms with van der Waals surface area (Å²) >= 11 is 0. The van der Waals surface area contributed by atoms with Gasteiger partial charge in [0.25, 0.3) is 0 Å². The third kappa shape index (κ3) is 5.32. The first-order valence-electron chi connectivity index (χ1n) is 14.6. The van der Waals surface area contributed by atoms with Crippen molar-refractivity contribution in [1.29, 1.82) is 0 Å². The van der Waals surface area contributed by atoms with E-state index in [2.05, 4.69) is 92.6 Å². The van der Waals surface area contributed by atoms with Crippen molar-refractivity contribution in [2.75, 3.05) is 31.1 Å². The zero-order chi connectivity index (χ0) is 28.4. The number of anilines is 1. The normalized spacial score (nSPS) is 15.7. The molecular weight excluding hydrogens is 500 g/mol. The van der Waals surface area contributed by atoms with Gasteiger partial charge >= 0.3 is 0 Å². The Morgan fingerprint density at radius 1 is 0.975 bits per heavy atom. The summed E-state index contributed by atoms with van der Waals surface area (Å²) < 4.78 is 15.4. The molecule has 0 atom stereocenters. The summed E-state index contributed by atoms with van der Waals surface area (Å²) in [6, 6.07) is 15.1. The zero-order valence-electron chi connectivity index (χ0n) is 24.4. The largest absolute Gasteiger partial charge is 0.550 e. The number of aliphatic carboxylic acids is 1. The van der Waals surface area contributed by atoms with E-state index in [1.54, 1.807) is 0 Å². The summed E-state index contributed by atoms with van der Waals surface area (Å²) in [5.41, 5.74) is 5.35. The van der Waals surface area contributed by atoms with Crippen LogP contribution in [-0.2, 0) is 10.2 Å². The second-order valence-electron chi connectivity index (χ2n) is 11.2. The summed E-state index contributed by atoms with van der Waals surface area (Å²) in [4.78, 5) is 13.0. The molecule has 4 aliphatic rings. The number of rotatable bonds is 10. The summed E-state index contributed by atoms with van der Waals surface area (Å²) in [5.74, 6) is 2.41. The van der Waals surface area contributed by atoms with Crippen molar-refractivity contribution < 1.29 is 19.1 Å². The summed E-state index contributed by atoms with van der Waals surface area (Å²) in [7, 11) is 0. The highest BCUT2D eigenvalue weighted by Crippen LogP contribution is 2.49. The molecule has 0 amide bonds. The van der Waals surface area contributed by atoms with E-state index < -0.39 is 5.97 Å². The average molecular weight is 541 g/mol. The molecule has 5 rings (SSSR count). The molecule has 40 heavy (non-hydrogen) atoms. The van der Waals surface area contributed by atoms with Crippen molar-refractivity contribution in [3.8, 4) is 17.1 Å². The molecule has 0 saturated heterocycles. The van der Waals surface area contributed by atoms with Gasteiger partial charge in [0.2, 0.25) is 5.36 Å². The monoisotopic (exact) mass is 540 g/mol. The number of benzene rings is 2. The third-order valence-corrected chi connectivity index (χ3v) is 8.36. The number of hydrogen-bond donors (Lipinski definition) is 0. The van der Waals surface area contributed by atoms with Gasteiger partial charge in [0.1, 0.15) is 36.1 Å². The molecule has 0 N–H and O–H groups in total. The van der Waals surface area contributed by atoms with E-state index >= 15 is 0 Å². The Bertz CT molecular complexity index is 1520. The number of allylic oxidation sites excluding steroid dienone is 1. The van der Waals surface area contributed by atoms with Gasteiger partial charge in [0.15, 0.2) is 0 Å². The zero-order valence-corrected chi connectivity index (χ0v) is 24.4. The molecule has 2 aliphatic heterocycles. The van der Waals surface area contributed by atoms with Crippen molar-refractivity contribution in [3.63, 3.8) is 0 Å². The highest BCUT2D eigenvalue weighted by molar-refractivity contribution is 5.80. The van der Waals surface area contributed by atoms with Crippen LogP contribution in [-0.4, -0.2) is 32.1 Å². The lowest BCUT2D eigenvalue weighted by Crippen LogP contribution is -2.31. The molecule has 2 aliphatic carbocycles. The lowest BCUT2D eigenvalue weighted by molar-refractivity contribution is -0.305. The maximum atomic E-state index is 10.7. The van der Waals surface area contributed by atoms with Crippen molar-refractivity contribution in [2.45, 2.75) is 65.7 Å². The molecule has 0 fully saturated rings. The number of carbonyl (C=O) groups excluding carboxylic acids is 1. The Balaban J connectivity index is 1.49. The van der Waals surface area contributed by atoms with Crippen molar-refractivity contribution >= 4 is 23.8 Å². The van der Waals surface area contributed by atoms with E-state index in [0.29, 0.717) is 6.42 Å². The van der Waals surface area contributed by atoms with Crippen molar-refractivity contribution in [1.82, 2.24) is 4.58 Å². The number of hydrogen-bond acceptors (Lipinski definition) is 5. The van der Waals surface area contributed by atoms with E-state index in [0.717, 1.165) is 89.7 Å². The molecule has 0 unspecified atom stereocenters. The fraction of sp³-hybridized carbons (Fsp3) is 0.412. The second-order valence-corrected chi connectivity index (χ2v) is 11.2. The minimum absolute atomic E-state index is 0.126. The van der Waals surface area contributed by atoms with Crippen LogP contribution in [0.25, 0.3) is 23.5 Å². The number of nitrogens with zero attached hydrogens (tertiary/aromatic N) is 2. The molecular formula is C34H40N2O4. The van der Waals surface area contributed by atoms with E-state index in [4.69, 9.17) is 9.15 Å². The topological polar surface area (TPSA) is 68.8 Å². The van der Waals surface area contributed by atoms with Crippen LogP contribution in [0.2, 0.25) is 0 Å². The van der Waals surface area contributed by atoms with Gasteiger partial charge in [-0.3, -0.25) is 0 Å². The molecule has 0 saturated carbocycles. The number of fused-ring (bicyclic) bond motifs is 4. The van der Waals surface area contributed by atoms with Crippen molar-refractivity contribution in [2.24, 2.45) is 0 Å². The van der Waals surface area contributed by atoms with Crippen LogP contribution in [0.4, 0.5) is 5.69 Å². The van der Waals surface area contributed by atoms with Crippen LogP contribution in [0.5, 0.6) is 5.75 Å². The molecule has 6 nitrogen and oxygen atoms in total. The van der Waals surface area contributed by atoms with Crippen LogP contribution in [0.3, 0.4) is 0 Å². The second kappa shape index (κ2) is 11.4. The number of unbranched alkanes of at least 4 members (excludes halogenated alkanes) is 2. The molecule has 0 spiro atoms. The van der Waals surface area contributed by atoms with Crippen LogP contribution < -0.4 is 24.7 Å². The van der Waals surface area contributed by atoms with E-state index in [9.17, 15) is 9.90 Å². The number of ether oxygens (including phenoxy) is 1. The highest BCUT2D eigenvalue weighted by atomic mass is 16.5. The fourth-order valence-electron chi connectivity index (χ4n) is 5.92. The quantitative estimate of drug-likeness (QED) is 0.253. The average Bonchev–Trinajstić information content (AvgIpc) is 2.94. The van der Waals surface area contributed by atoms with Crippen LogP contribution in [0.1, 0.15) is 77.2 Å². The van der Waals surface area contributed by atoms with Crippen LogP contribution in [0.15, 0.2) is 58.2 Å². The number of carboxylic acid groups (broad SMARTS) is 1. The molecule has 0 bridgehead atoms. The van der Waals surface area contributed by atoms with Gasteiger partial charge in [-0.05, 0) is 70.4 Å². The Labute approximate surface area is 237 Å². The molecule has 0 aromatic heterocycles. The summed E-state index contributed by atoms with van der Waals surface area (Å²) in [6.45, 7) is 14.6. The lowest BCUT2D eigenvalue weighted by atomic mass is 9.71. The summed E-state index contributed by atoms with van der Waals surface area (Å²) in [6.07, 6.45) is 6.89. The standard InChI is InChI=1S/C34H40N2O4/c1-6-35(7-2)25-15-13-23-18-27-31(39-29(23)20-25)22-32-28(34(27,4)5)19-24-14-16-26(21-30(24)40-32)36(8-3)17-11-9-10-12-33(37)38/h13-16,18-22H,6-12,17H2,1-5H3. The Hall–Kier alpha value is -3.80. The van der Waals surface area contributed by atoms with Gasteiger partial charge in [-0.1, -0.05) is 13.8 Å². The molecule has 1 aromatic carbocycles. The smallest absolute Gasteiger partial charge is 0.203 e. The van der Waals surface area contributed by atoms with Crippen LogP contribution in [0, 0.1) is 0 Å². The summed E-state index contributed by atoms with van der Waals surface area (Å²) in [5, 5.41) is 11.8. The third-order valence-electron chi connectivity index (χ3n) is 8.36. The Morgan fingerprint density at radius 3 is 2.50 bits per heavy atom. The molecule has 1 aromatic rings. The first kappa shape index (κ1) is 27.8. The van der Waals surface area contributed by atoms with E-state index in [1.807, 2.05) is 6.08 Å². The fourth-order valence-corrected chi connectivity index (χ4v) is 5.92. The Kier molecular flexibility index (Phi) is 7.88. The molecule has 6 heteroatoms. The van der Waals surface area contributed by atoms with Gasteiger partial charge in [0, 0.05) is 77.1 Å². The van der Waals surface area contributed by atoms with Crippen molar-refractivity contribution in [3.05, 3.63) is 76.0 Å². The number of carboxylic acids is 1. The molecule has 210 valence electrons. The maximum absolute atomic E-state index is 10.7. The van der Waals surface area contributed by atoms with Gasteiger partial charge in [-0.25, -0.2) is 4.58 Å². The number of carbonyl (C=O) groups is 1. The molecule has 0 radical (unpaired) electrons. The predicted octanol–water partition coefficient (Wildman–Crippen LogP) is 5.44. The molecule has 2 heterocycles. The first-order valence-corrected chi connectivity index (χ1v) is 14.6. The SMILES string of the molecule is CCN(CC)c1ccc2c(c1)OC1=Cc3oc4cc(=[N+](CC)CCCCCC(=O)[O-])ccc-4cc3C(C)(C)C1=C2. The predicted molar refractivity (Wildman–Crippen MR) is 159 cm³/mol.